The highest BCUT2D eigenvalue weighted by Crippen LogP contribution is 2.28. The van der Waals surface area contributed by atoms with E-state index >= 15 is 0 Å². The molecule has 0 spiro atoms. The molecular weight excluding hydrogens is 232 g/mol. The van der Waals surface area contributed by atoms with Crippen LogP contribution in [0.5, 0.6) is 11.5 Å². The van der Waals surface area contributed by atoms with E-state index < -0.39 is 5.97 Å². The summed E-state index contributed by atoms with van der Waals surface area (Å²) in [4.78, 5) is 10.9. The van der Waals surface area contributed by atoms with Crippen LogP contribution < -0.4 is 9.47 Å². The zero-order valence-electron chi connectivity index (χ0n) is 11.1. The molecule has 1 aromatic carbocycles. The van der Waals surface area contributed by atoms with Gasteiger partial charge in [-0.25, -0.2) is 4.79 Å². The van der Waals surface area contributed by atoms with Crippen LogP contribution in [0, 0.1) is 5.92 Å². The first-order valence-corrected chi connectivity index (χ1v) is 6.12. The largest absolute Gasteiger partial charge is 0.493 e. The first-order chi connectivity index (χ1) is 8.58. The minimum atomic E-state index is -0.968. The Hall–Kier alpha value is -1.71. The Morgan fingerprint density at radius 1 is 1.39 bits per heavy atom. The second-order valence-electron chi connectivity index (χ2n) is 4.38. The SMILES string of the molecule is CCCC(C)COc1cc(C(=O)O)ccc1OC. The highest BCUT2D eigenvalue weighted by Gasteiger charge is 2.11. The summed E-state index contributed by atoms with van der Waals surface area (Å²) in [5, 5.41) is 8.94. The van der Waals surface area contributed by atoms with Crippen molar-refractivity contribution in [1.82, 2.24) is 0 Å². The summed E-state index contributed by atoms with van der Waals surface area (Å²) >= 11 is 0. The standard InChI is InChI=1S/C14H20O4/c1-4-5-10(2)9-18-13-8-11(14(15)16)6-7-12(13)17-3/h6-8,10H,4-5,9H2,1-3H3,(H,15,16). The molecule has 0 fully saturated rings. The third-order valence-electron chi connectivity index (χ3n) is 2.72. The summed E-state index contributed by atoms with van der Waals surface area (Å²) < 4.78 is 10.8. The van der Waals surface area contributed by atoms with E-state index in [2.05, 4.69) is 13.8 Å². The van der Waals surface area contributed by atoms with Crippen molar-refractivity contribution in [3.63, 3.8) is 0 Å². The molecule has 0 heterocycles. The van der Waals surface area contributed by atoms with Gasteiger partial charge in [-0.1, -0.05) is 20.3 Å². The molecule has 1 aromatic rings. The van der Waals surface area contributed by atoms with Gasteiger partial charge in [0.25, 0.3) is 0 Å². The monoisotopic (exact) mass is 252 g/mol. The fourth-order valence-electron chi connectivity index (χ4n) is 1.73. The van der Waals surface area contributed by atoms with E-state index in [0.717, 1.165) is 12.8 Å². The van der Waals surface area contributed by atoms with Gasteiger partial charge < -0.3 is 14.6 Å². The highest BCUT2D eigenvalue weighted by molar-refractivity contribution is 5.88. The van der Waals surface area contributed by atoms with Crippen molar-refractivity contribution in [1.29, 1.82) is 0 Å². The maximum absolute atomic E-state index is 10.9. The molecule has 4 nitrogen and oxygen atoms in total. The van der Waals surface area contributed by atoms with Gasteiger partial charge in [0.1, 0.15) is 0 Å². The van der Waals surface area contributed by atoms with E-state index in [-0.39, 0.29) is 5.56 Å². The molecule has 0 bridgehead atoms. The molecule has 1 unspecified atom stereocenters. The zero-order chi connectivity index (χ0) is 13.5. The van der Waals surface area contributed by atoms with Gasteiger partial charge in [0, 0.05) is 0 Å². The predicted molar refractivity (Wildman–Crippen MR) is 69.5 cm³/mol. The minimum Gasteiger partial charge on any atom is -0.493 e. The van der Waals surface area contributed by atoms with Crippen molar-refractivity contribution in [3.05, 3.63) is 23.8 Å². The maximum Gasteiger partial charge on any atom is 0.335 e. The van der Waals surface area contributed by atoms with Gasteiger partial charge in [-0.3, -0.25) is 0 Å². The van der Waals surface area contributed by atoms with Crippen LogP contribution in [-0.4, -0.2) is 24.8 Å². The molecular formula is C14H20O4. The molecule has 1 rings (SSSR count). The van der Waals surface area contributed by atoms with Crippen LogP contribution in [-0.2, 0) is 0 Å². The highest BCUT2D eigenvalue weighted by atomic mass is 16.5. The van der Waals surface area contributed by atoms with Gasteiger partial charge in [-0.15, -0.1) is 0 Å². The average molecular weight is 252 g/mol. The van der Waals surface area contributed by atoms with E-state index in [1.54, 1.807) is 6.07 Å². The van der Waals surface area contributed by atoms with Crippen LogP contribution in [0.4, 0.5) is 0 Å². The van der Waals surface area contributed by atoms with Gasteiger partial charge >= 0.3 is 5.97 Å². The number of ether oxygens (including phenoxy) is 2. The summed E-state index contributed by atoms with van der Waals surface area (Å²) in [6.45, 7) is 4.80. The summed E-state index contributed by atoms with van der Waals surface area (Å²) in [6.07, 6.45) is 2.19. The molecule has 4 heteroatoms. The van der Waals surface area contributed by atoms with E-state index in [1.807, 2.05) is 0 Å². The van der Waals surface area contributed by atoms with Gasteiger partial charge in [0.15, 0.2) is 11.5 Å². The lowest BCUT2D eigenvalue weighted by Crippen LogP contribution is -2.09. The van der Waals surface area contributed by atoms with Gasteiger partial charge in [0.05, 0.1) is 19.3 Å². The van der Waals surface area contributed by atoms with Crippen molar-refractivity contribution in [2.45, 2.75) is 26.7 Å². The molecule has 1 atom stereocenters. The maximum atomic E-state index is 10.9. The van der Waals surface area contributed by atoms with E-state index in [1.165, 1.54) is 19.2 Å². The van der Waals surface area contributed by atoms with E-state index in [9.17, 15) is 4.79 Å². The Kier molecular flexibility index (Phi) is 5.49. The molecule has 0 aliphatic carbocycles. The van der Waals surface area contributed by atoms with Crippen LogP contribution >= 0.6 is 0 Å². The van der Waals surface area contributed by atoms with Crippen LogP contribution in [0.3, 0.4) is 0 Å². The van der Waals surface area contributed by atoms with Crippen molar-refractivity contribution < 1.29 is 19.4 Å². The fourth-order valence-corrected chi connectivity index (χ4v) is 1.73. The number of rotatable bonds is 7. The van der Waals surface area contributed by atoms with Crippen molar-refractivity contribution in [2.24, 2.45) is 5.92 Å². The fraction of sp³-hybridized carbons (Fsp3) is 0.500. The molecule has 18 heavy (non-hydrogen) atoms. The number of carboxylic acid groups (broad SMARTS) is 1. The Balaban J connectivity index is 2.78. The first-order valence-electron chi connectivity index (χ1n) is 6.12. The number of carbonyl (C=O) groups is 1. The molecule has 1 N–H and O–H groups in total. The molecule has 100 valence electrons. The van der Waals surface area contributed by atoms with E-state index in [0.29, 0.717) is 24.0 Å². The lowest BCUT2D eigenvalue weighted by atomic mass is 10.1. The first kappa shape index (κ1) is 14.4. The van der Waals surface area contributed by atoms with Crippen LogP contribution in [0.1, 0.15) is 37.0 Å². The lowest BCUT2D eigenvalue weighted by Gasteiger charge is -2.14. The predicted octanol–water partition coefficient (Wildman–Crippen LogP) is 3.21. The van der Waals surface area contributed by atoms with Crippen LogP contribution in [0.2, 0.25) is 0 Å². The Bertz CT molecular complexity index is 401. The molecule has 0 amide bonds. The van der Waals surface area contributed by atoms with Gasteiger partial charge in [-0.05, 0) is 30.5 Å². The van der Waals surface area contributed by atoms with Gasteiger partial charge in [-0.2, -0.15) is 0 Å². The molecule has 0 aromatic heterocycles. The van der Waals surface area contributed by atoms with Crippen molar-refractivity contribution in [3.8, 4) is 11.5 Å². The molecule has 0 saturated heterocycles. The number of aromatic carboxylic acids is 1. The molecule has 0 aliphatic rings. The molecule has 0 saturated carbocycles. The summed E-state index contributed by atoms with van der Waals surface area (Å²) in [5.74, 6) is 0.515. The summed E-state index contributed by atoms with van der Waals surface area (Å²) in [7, 11) is 1.54. The van der Waals surface area contributed by atoms with Crippen LogP contribution in [0.25, 0.3) is 0 Å². The Morgan fingerprint density at radius 2 is 2.11 bits per heavy atom. The topological polar surface area (TPSA) is 55.8 Å². The summed E-state index contributed by atoms with van der Waals surface area (Å²) in [6, 6.07) is 4.62. The van der Waals surface area contributed by atoms with E-state index in [4.69, 9.17) is 14.6 Å². The second-order valence-corrected chi connectivity index (χ2v) is 4.38. The number of carboxylic acids is 1. The Morgan fingerprint density at radius 3 is 2.67 bits per heavy atom. The number of methoxy groups -OCH3 is 1. The van der Waals surface area contributed by atoms with Crippen LogP contribution in [0.15, 0.2) is 18.2 Å². The molecule has 0 aliphatic heterocycles. The summed E-state index contributed by atoms with van der Waals surface area (Å²) in [5.41, 5.74) is 0.203. The lowest BCUT2D eigenvalue weighted by molar-refractivity contribution is 0.0696. The third kappa shape index (κ3) is 3.95. The van der Waals surface area contributed by atoms with Crippen molar-refractivity contribution >= 4 is 5.97 Å². The Labute approximate surface area is 108 Å². The molecule has 0 radical (unpaired) electrons. The third-order valence-corrected chi connectivity index (χ3v) is 2.72. The zero-order valence-corrected chi connectivity index (χ0v) is 11.1. The van der Waals surface area contributed by atoms with Gasteiger partial charge in [0.2, 0.25) is 0 Å². The van der Waals surface area contributed by atoms with Crippen molar-refractivity contribution in [2.75, 3.05) is 13.7 Å². The quantitative estimate of drug-likeness (QED) is 0.809. The normalized spacial score (nSPS) is 11.9. The number of hydrogen-bond donors (Lipinski definition) is 1. The minimum absolute atomic E-state index is 0.203. The second kappa shape index (κ2) is 6.89. The smallest absolute Gasteiger partial charge is 0.335 e. The number of benzene rings is 1. The average Bonchev–Trinajstić information content (AvgIpc) is 2.36. The number of hydrogen-bond acceptors (Lipinski definition) is 3.